The number of hydrogen-bond acceptors (Lipinski definition) is 3. The van der Waals surface area contributed by atoms with Gasteiger partial charge in [0.25, 0.3) is 0 Å². The Hall–Kier alpha value is -1.79. The van der Waals surface area contributed by atoms with E-state index < -0.39 is 13.0 Å². The number of aromatic nitrogens is 1. The van der Waals surface area contributed by atoms with E-state index >= 15 is 0 Å². The number of alkyl halides is 3. The fourth-order valence-electron chi connectivity index (χ4n) is 1.73. The molecule has 0 bridgehead atoms. The molecular formula is C13H9ClF3NO2. The van der Waals surface area contributed by atoms with E-state index in [-0.39, 0.29) is 22.0 Å². The van der Waals surface area contributed by atoms with E-state index in [9.17, 15) is 18.3 Å². The molecule has 0 amide bonds. The Morgan fingerprint density at radius 3 is 2.55 bits per heavy atom. The number of aliphatic hydroxyl groups is 1. The van der Waals surface area contributed by atoms with Gasteiger partial charge in [-0.25, -0.2) is 0 Å². The average Bonchev–Trinajstić information content (AvgIpc) is 2.37. The number of halogens is 4. The normalized spacial score (nSPS) is 11.4. The lowest BCUT2D eigenvalue weighted by Crippen LogP contribution is -2.17. The van der Waals surface area contributed by atoms with E-state index in [0.29, 0.717) is 5.56 Å². The number of rotatable bonds is 3. The number of benzene rings is 1. The summed E-state index contributed by atoms with van der Waals surface area (Å²) in [5, 5.41) is 9.47. The molecule has 106 valence electrons. The van der Waals surface area contributed by atoms with Crippen molar-refractivity contribution in [3.8, 4) is 16.9 Å². The van der Waals surface area contributed by atoms with E-state index in [0.717, 1.165) is 0 Å². The molecule has 1 N–H and O–H groups in total. The maximum Gasteiger partial charge on any atom is 0.573 e. The molecule has 2 rings (SSSR count). The first-order valence-electron chi connectivity index (χ1n) is 5.51. The highest BCUT2D eigenvalue weighted by Crippen LogP contribution is 2.35. The van der Waals surface area contributed by atoms with Gasteiger partial charge in [-0.2, -0.15) is 0 Å². The van der Waals surface area contributed by atoms with Gasteiger partial charge < -0.3 is 9.84 Å². The zero-order valence-electron chi connectivity index (χ0n) is 9.99. The molecule has 1 aromatic carbocycles. The largest absolute Gasteiger partial charge is 0.573 e. The zero-order valence-corrected chi connectivity index (χ0v) is 10.7. The number of nitrogens with zero attached hydrogens (tertiary/aromatic N) is 1. The van der Waals surface area contributed by atoms with Crippen LogP contribution in [-0.4, -0.2) is 16.5 Å². The van der Waals surface area contributed by atoms with Crippen LogP contribution in [0.3, 0.4) is 0 Å². The van der Waals surface area contributed by atoms with Crippen molar-refractivity contribution in [3.63, 3.8) is 0 Å². The number of pyridine rings is 1. The number of hydrogen-bond donors (Lipinski definition) is 1. The maximum absolute atomic E-state index is 12.4. The van der Waals surface area contributed by atoms with Crippen LogP contribution in [-0.2, 0) is 6.61 Å². The Labute approximate surface area is 117 Å². The van der Waals surface area contributed by atoms with E-state index in [4.69, 9.17) is 11.6 Å². The Kier molecular flexibility index (Phi) is 4.15. The van der Waals surface area contributed by atoms with E-state index in [2.05, 4.69) is 9.72 Å². The Bertz CT molecular complexity index is 617. The number of ether oxygens (including phenoxy) is 1. The van der Waals surface area contributed by atoms with Crippen molar-refractivity contribution in [1.82, 2.24) is 4.98 Å². The molecule has 0 saturated carbocycles. The topological polar surface area (TPSA) is 42.4 Å². The van der Waals surface area contributed by atoms with E-state index in [1.807, 2.05) is 0 Å². The third-order valence-electron chi connectivity index (χ3n) is 2.49. The molecule has 1 aromatic heterocycles. The molecule has 2 aromatic rings. The van der Waals surface area contributed by atoms with Crippen molar-refractivity contribution >= 4 is 11.6 Å². The monoisotopic (exact) mass is 303 g/mol. The second kappa shape index (κ2) is 5.68. The van der Waals surface area contributed by atoms with Gasteiger partial charge in [-0.1, -0.05) is 29.8 Å². The summed E-state index contributed by atoms with van der Waals surface area (Å²) in [4.78, 5) is 3.89. The molecule has 0 atom stereocenters. The van der Waals surface area contributed by atoms with Gasteiger partial charge in [0.15, 0.2) is 0 Å². The van der Waals surface area contributed by atoms with Crippen LogP contribution in [0.5, 0.6) is 5.75 Å². The summed E-state index contributed by atoms with van der Waals surface area (Å²) in [6.45, 7) is -0.424. The SMILES string of the molecule is OCc1ncc(Cl)cc1-c1ccccc1OC(F)(F)F. The minimum absolute atomic E-state index is 0.156. The summed E-state index contributed by atoms with van der Waals surface area (Å²) in [6.07, 6.45) is -3.49. The van der Waals surface area contributed by atoms with Gasteiger partial charge in [0.1, 0.15) is 5.75 Å². The molecule has 0 radical (unpaired) electrons. The smallest absolute Gasteiger partial charge is 0.405 e. The summed E-state index contributed by atoms with van der Waals surface area (Å²) < 4.78 is 41.1. The molecule has 0 saturated heterocycles. The number of aliphatic hydroxyl groups excluding tert-OH is 1. The van der Waals surface area contributed by atoms with Gasteiger partial charge in [0, 0.05) is 17.3 Å². The predicted molar refractivity (Wildman–Crippen MR) is 67.3 cm³/mol. The summed E-state index contributed by atoms with van der Waals surface area (Å²) in [5.74, 6) is -0.376. The molecule has 7 heteroatoms. The predicted octanol–water partition coefficient (Wildman–Crippen LogP) is 3.79. The highest BCUT2D eigenvalue weighted by atomic mass is 35.5. The van der Waals surface area contributed by atoms with Crippen LogP contribution in [0.1, 0.15) is 5.69 Å². The lowest BCUT2D eigenvalue weighted by Gasteiger charge is -2.14. The van der Waals surface area contributed by atoms with Gasteiger partial charge in [-0.05, 0) is 12.1 Å². The van der Waals surface area contributed by atoms with Crippen molar-refractivity contribution in [2.24, 2.45) is 0 Å². The zero-order chi connectivity index (χ0) is 14.8. The minimum Gasteiger partial charge on any atom is -0.405 e. The Balaban J connectivity index is 2.55. The molecule has 0 aliphatic heterocycles. The molecular weight excluding hydrogens is 295 g/mol. The summed E-state index contributed by atoms with van der Waals surface area (Å²) in [6, 6.07) is 7.03. The van der Waals surface area contributed by atoms with Crippen molar-refractivity contribution in [2.45, 2.75) is 13.0 Å². The first-order valence-corrected chi connectivity index (χ1v) is 5.89. The van der Waals surface area contributed by atoms with Crippen molar-refractivity contribution in [1.29, 1.82) is 0 Å². The third-order valence-corrected chi connectivity index (χ3v) is 2.70. The summed E-state index contributed by atoms with van der Waals surface area (Å²) in [5.41, 5.74) is 0.663. The van der Waals surface area contributed by atoms with Crippen LogP contribution in [0.4, 0.5) is 13.2 Å². The van der Waals surface area contributed by atoms with Crippen molar-refractivity contribution in [2.75, 3.05) is 0 Å². The molecule has 0 spiro atoms. The Morgan fingerprint density at radius 2 is 1.90 bits per heavy atom. The van der Waals surface area contributed by atoms with E-state index in [1.165, 1.54) is 30.5 Å². The van der Waals surface area contributed by atoms with Gasteiger partial charge >= 0.3 is 6.36 Å². The van der Waals surface area contributed by atoms with Crippen LogP contribution in [0, 0.1) is 0 Å². The Morgan fingerprint density at radius 1 is 1.20 bits per heavy atom. The first-order chi connectivity index (χ1) is 9.40. The first kappa shape index (κ1) is 14.6. The fraction of sp³-hybridized carbons (Fsp3) is 0.154. The molecule has 3 nitrogen and oxygen atoms in total. The van der Waals surface area contributed by atoms with Gasteiger partial charge in [0.2, 0.25) is 0 Å². The molecule has 0 aliphatic rings. The van der Waals surface area contributed by atoms with Crippen LogP contribution in [0.15, 0.2) is 36.5 Å². The summed E-state index contributed by atoms with van der Waals surface area (Å²) >= 11 is 5.80. The quantitative estimate of drug-likeness (QED) is 0.938. The second-order valence-electron chi connectivity index (χ2n) is 3.85. The third kappa shape index (κ3) is 3.40. The van der Waals surface area contributed by atoms with Crippen LogP contribution in [0.25, 0.3) is 11.1 Å². The van der Waals surface area contributed by atoms with Gasteiger partial charge in [-0.3, -0.25) is 4.98 Å². The van der Waals surface area contributed by atoms with Crippen molar-refractivity contribution < 1.29 is 23.0 Å². The van der Waals surface area contributed by atoms with Gasteiger partial charge in [0.05, 0.1) is 17.3 Å². The van der Waals surface area contributed by atoms with Crippen LogP contribution in [0.2, 0.25) is 5.02 Å². The molecule has 0 fully saturated rings. The average molecular weight is 304 g/mol. The standard InChI is InChI=1S/C13H9ClF3NO2/c14-8-5-10(11(7-19)18-6-8)9-3-1-2-4-12(9)20-13(15,16)17/h1-6,19H,7H2. The van der Waals surface area contributed by atoms with E-state index in [1.54, 1.807) is 6.07 Å². The molecule has 0 unspecified atom stereocenters. The van der Waals surface area contributed by atoms with Gasteiger partial charge in [-0.15, -0.1) is 13.2 Å². The fourth-order valence-corrected chi connectivity index (χ4v) is 1.89. The van der Waals surface area contributed by atoms with Crippen molar-refractivity contribution in [3.05, 3.63) is 47.2 Å². The molecule has 0 aliphatic carbocycles. The highest BCUT2D eigenvalue weighted by molar-refractivity contribution is 6.30. The summed E-state index contributed by atoms with van der Waals surface area (Å²) in [7, 11) is 0. The lowest BCUT2D eigenvalue weighted by atomic mass is 10.0. The molecule has 1 heterocycles. The maximum atomic E-state index is 12.4. The second-order valence-corrected chi connectivity index (χ2v) is 4.29. The lowest BCUT2D eigenvalue weighted by molar-refractivity contribution is -0.274. The minimum atomic E-state index is -4.80. The number of para-hydroxylation sites is 1. The van der Waals surface area contributed by atoms with Crippen LogP contribution < -0.4 is 4.74 Å². The highest BCUT2D eigenvalue weighted by Gasteiger charge is 2.32. The molecule has 20 heavy (non-hydrogen) atoms. The van der Waals surface area contributed by atoms with Crippen LogP contribution >= 0.6 is 11.6 Å².